The molecule has 0 saturated heterocycles. The van der Waals surface area contributed by atoms with Gasteiger partial charge in [-0.05, 0) is 20.3 Å². The standard InChI is InChI=1S/C20H21NO5/c1-4-11-20(19(25)26-6-3)14-15(21(5-2)18(20)24)17(23)13-10-8-7-9-12(13)16(14)22/h7-10H,4-6,11H2,1-3H3. The number of hydrogen-bond donors (Lipinski definition) is 0. The quantitative estimate of drug-likeness (QED) is 0.599. The van der Waals surface area contributed by atoms with Gasteiger partial charge in [0.1, 0.15) is 5.70 Å². The first-order valence-electron chi connectivity index (χ1n) is 8.87. The minimum absolute atomic E-state index is 0.0200. The van der Waals surface area contributed by atoms with Crippen molar-refractivity contribution in [3.63, 3.8) is 0 Å². The van der Waals surface area contributed by atoms with Crippen molar-refractivity contribution in [2.24, 2.45) is 5.41 Å². The van der Waals surface area contributed by atoms with Gasteiger partial charge in [-0.3, -0.25) is 19.2 Å². The number of nitrogens with zero attached hydrogens (tertiary/aromatic N) is 1. The van der Waals surface area contributed by atoms with Gasteiger partial charge in [0.05, 0.1) is 12.2 Å². The SMILES string of the molecule is CCCC1(C(=O)OCC)C(=O)N(CC)C2=C1C(=O)c1ccccc1C2=O. The number of rotatable bonds is 5. The monoisotopic (exact) mass is 355 g/mol. The van der Waals surface area contributed by atoms with E-state index in [1.807, 2.05) is 6.92 Å². The first kappa shape index (κ1) is 18.0. The van der Waals surface area contributed by atoms with Crippen molar-refractivity contribution in [2.45, 2.75) is 33.6 Å². The Hall–Kier alpha value is -2.76. The Morgan fingerprint density at radius 2 is 1.65 bits per heavy atom. The van der Waals surface area contributed by atoms with E-state index in [1.165, 1.54) is 4.90 Å². The average Bonchev–Trinajstić information content (AvgIpc) is 2.90. The maximum absolute atomic E-state index is 13.3. The highest BCUT2D eigenvalue weighted by molar-refractivity contribution is 6.34. The van der Waals surface area contributed by atoms with Gasteiger partial charge in [-0.15, -0.1) is 0 Å². The van der Waals surface area contributed by atoms with Crippen molar-refractivity contribution < 1.29 is 23.9 Å². The number of amides is 1. The third-order valence-corrected chi connectivity index (χ3v) is 4.97. The van der Waals surface area contributed by atoms with Crippen LogP contribution in [0.1, 0.15) is 54.3 Å². The van der Waals surface area contributed by atoms with E-state index >= 15 is 0 Å². The number of allylic oxidation sites excluding steroid dienone is 1. The summed E-state index contributed by atoms with van der Waals surface area (Å²) in [5.74, 6) is -2.13. The number of carbonyl (C=O) groups excluding carboxylic acids is 4. The molecule has 1 heterocycles. The lowest BCUT2D eigenvalue weighted by Gasteiger charge is -2.28. The van der Waals surface area contributed by atoms with Crippen LogP contribution in [0.2, 0.25) is 0 Å². The molecule has 136 valence electrons. The van der Waals surface area contributed by atoms with E-state index < -0.39 is 28.9 Å². The lowest BCUT2D eigenvalue weighted by molar-refractivity contribution is -0.160. The van der Waals surface area contributed by atoms with E-state index in [0.29, 0.717) is 6.42 Å². The molecule has 0 saturated carbocycles. The van der Waals surface area contributed by atoms with Gasteiger partial charge in [0, 0.05) is 17.7 Å². The van der Waals surface area contributed by atoms with Gasteiger partial charge in [-0.2, -0.15) is 0 Å². The van der Waals surface area contributed by atoms with Crippen LogP contribution in [-0.4, -0.2) is 41.5 Å². The number of ketones is 2. The second-order valence-electron chi connectivity index (χ2n) is 6.35. The lowest BCUT2D eigenvalue weighted by Crippen LogP contribution is -2.45. The maximum Gasteiger partial charge on any atom is 0.326 e. The maximum atomic E-state index is 13.3. The number of esters is 1. The molecule has 1 aromatic carbocycles. The Morgan fingerprint density at radius 3 is 2.19 bits per heavy atom. The van der Waals surface area contributed by atoms with Gasteiger partial charge in [0.25, 0.3) is 0 Å². The van der Waals surface area contributed by atoms with Crippen molar-refractivity contribution in [1.29, 1.82) is 0 Å². The van der Waals surface area contributed by atoms with Crippen molar-refractivity contribution in [3.05, 3.63) is 46.7 Å². The molecule has 1 unspecified atom stereocenters. The van der Waals surface area contributed by atoms with E-state index in [9.17, 15) is 19.2 Å². The normalized spacial score (nSPS) is 21.8. The van der Waals surface area contributed by atoms with E-state index in [-0.39, 0.29) is 42.0 Å². The number of likely N-dealkylation sites (N-methyl/N-ethyl adjacent to an activating group) is 1. The summed E-state index contributed by atoms with van der Waals surface area (Å²) in [7, 11) is 0. The summed E-state index contributed by atoms with van der Waals surface area (Å²) >= 11 is 0. The number of hydrogen-bond acceptors (Lipinski definition) is 5. The molecule has 2 aliphatic rings. The van der Waals surface area contributed by atoms with Crippen LogP contribution in [0.25, 0.3) is 0 Å². The molecule has 1 aliphatic heterocycles. The molecule has 1 aromatic rings. The number of ether oxygens (including phenoxy) is 1. The fourth-order valence-corrected chi connectivity index (χ4v) is 3.91. The second kappa shape index (κ2) is 6.52. The smallest absolute Gasteiger partial charge is 0.326 e. The molecule has 0 spiro atoms. The highest BCUT2D eigenvalue weighted by Gasteiger charge is 2.62. The highest BCUT2D eigenvalue weighted by Crippen LogP contribution is 2.49. The van der Waals surface area contributed by atoms with Gasteiger partial charge in [0.15, 0.2) is 11.2 Å². The van der Waals surface area contributed by atoms with Gasteiger partial charge in [-0.25, -0.2) is 0 Å². The van der Waals surface area contributed by atoms with Crippen molar-refractivity contribution in [3.8, 4) is 0 Å². The van der Waals surface area contributed by atoms with E-state index in [4.69, 9.17) is 4.74 Å². The Morgan fingerprint density at radius 1 is 1.04 bits per heavy atom. The highest BCUT2D eigenvalue weighted by atomic mass is 16.5. The minimum Gasteiger partial charge on any atom is -0.465 e. The molecule has 1 amide bonds. The topological polar surface area (TPSA) is 80.8 Å². The molecule has 6 heteroatoms. The first-order chi connectivity index (χ1) is 12.4. The number of carbonyl (C=O) groups is 4. The Bertz CT molecular complexity index is 854. The molecule has 3 rings (SSSR count). The van der Waals surface area contributed by atoms with Crippen molar-refractivity contribution >= 4 is 23.4 Å². The Balaban J connectivity index is 2.32. The minimum atomic E-state index is -1.74. The van der Waals surface area contributed by atoms with Crippen LogP contribution in [-0.2, 0) is 14.3 Å². The predicted molar refractivity (Wildman–Crippen MR) is 93.5 cm³/mol. The molecule has 6 nitrogen and oxygen atoms in total. The fourth-order valence-electron chi connectivity index (χ4n) is 3.91. The Kier molecular flexibility index (Phi) is 4.52. The first-order valence-corrected chi connectivity index (χ1v) is 8.87. The zero-order valence-electron chi connectivity index (χ0n) is 15.1. The molecule has 0 bridgehead atoms. The number of benzene rings is 1. The summed E-state index contributed by atoms with van der Waals surface area (Å²) in [6.07, 6.45) is 0.614. The van der Waals surface area contributed by atoms with Gasteiger partial charge in [0.2, 0.25) is 11.7 Å². The number of fused-ring (bicyclic) bond motifs is 1. The van der Waals surface area contributed by atoms with Crippen LogP contribution in [0, 0.1) is 5.41 Å². The summed E-state index contributed by atoms with van der Waals surface area (Å²) in [4.78, 5) is 53.7. The molecule has 0 fully saturated rings. The van der Waals surface area contributed by atoms with Crippen molar-refractivity contribution in [1.82, 2.24) is 4.90 Å². The third kappa shape index (κ3) is 2.18. The molecule has 1 atom stereocenters. The van der Waals surface area contributed by atoms with Crippen LogP contribution < -0.4 is 0 Å². The summed E-state index contributed by atoms with van der Waals surface area (Å²) in [6, 6.07) is 6.46. The fraction of sp³-hybridized carbons (Fsp3) is 0.400. The van der Waals surface area contributed by atoms with Gasteiger partial charge in [-0.1, -0.05) is 37.6 Å². The van der Waals surface area contributed by atoms with Crippen molar-refractivity contribution in [2.75, 3.05) is 13.2 Å². The molecular weight excluding hydrogens is 334 g/mol. The molecule has 0 radical (unpaired) electrons. The summed E-state index contributed by atoms with van der Waals surface area (Å²) in [6.45, 7) is 5.47. The van der Waals surface area contributed by atoms with Gasteiger partial charge >= 0.3 is 5.97 Å². The van der Waals surface area contributed by atoms with Gasteiger partial charge < -0.3 is 9.64 Å². The van der Waals surface area contributed by atoms with Crippen LogP contribution in [0.3, 0.4) is 0 Å². The summed E-state index contributed by atoms with van der Waals surface area (Å²) in [5.41, 5.74) is -1.24. The molecule has 0 N–H and O–H groups in total. The zero-order valence-corrected chi connectivity index (χ0v) is 15.1. The summed E-state index contributed by atoms with van der Waals surface area (Å²) in [5, 5.41) is 0. The third-order valence-electron chi connectivity index (χ3n) is 4.97. The Labute approximate surface area is 151 Å². The summed E-state index contributed by atoms with van der Waals surface area (Å²) < 4.78 is 5.18. The number of Topliss-reactive ketones (excluding diaryl/α,β-unsaturated/α-hetero) is 2. The largest absolute Gasteiger partial charge is 0.465 e. The lowest BCUT2D eigenvalue weighted by atomic mass is 9.71. The predicted octanol–water partition coefficient (Wildman–Crippen LogP) is 2.53. The average molecular weight is 355 g/mol. The van der Waals surface area contributed by atoms with Crippen LogP contribution >= 0.6 is 0 Å². The molecular formula is C20H21NO5. The molecule has 0 aromatic heterocycles. The molecule has 1 aliphatic carbocycles. The van der Waals surface area contributed by atoms with E-state index in [1.54, 1.807) is 38.1 Å². The molecule has 26 heavy (non-hydrogen) atoms. The van der Waals surface area contributed by atoms with Crippen LogP contribution in [0.5, 0.6) is 0 Å². The van der Waals surface area contributed by atoms with E-state index in [2.05, 4.69) is 0 Å². The van der Waals surface area contributed by atoms with Crippen LogP contribution in [0.4, 0.5) is 0 Å². The second-order valence-corrected chi connectivity index (χ2v) is 6.35. The zero-order chi connectivity index (χ0) is 19.1. The van der Waals surface area contributed by atoms with Crippen LogP contribution in [0.15, 0.2) is 35.5 Å². The van der Waals surface area contributed by atoms with E-state index in [0.717, 1.165) is 0 Å².